The van der Waals surface area contributed by atoms with Crippen LogP contribution in [0.3, 0.4) is 0 Å². The first-order valence-corrected chi connectivity index (χ1v) is 10.6. The van der Waals surface area contributed by atoms with Crippen LogP contribution in [0.4, 0.5) is 0 Å². The van der Waals surface area contributed by atoms with Gasteiger partial charge in [0.05, 0.1) is 12.4 Å². The van der Waals surface area contributed by atoms with Crippen LogP contribution in [0.2, 0.25) is 0 Å². The summed E-state index contributed by atoms with van der Waals surface area (Å²) in [6.07, 6.45) is 8.24. The number of imidazole rings is 1. The average molecular weight is 525 g/mol. The van der Waals surface area contributed by atoms with Gasteiger partial charge < -0.3 is 19.9 Å². The van der Waals surface area contributed by atoms with Crippen molar-refractivity contribution in [1.29, 1.82) is 0 Å². The summed E-state index contributed by atoms with van der Waals surface area (Å²) in [5.74, 6) is 1.34. The molecule has 2 atom stereocenters. The van der Waals surface area contributed by atoms with E-state index in [0.717, 1.165) is 38.6 Å². The molecule has 6 nitrogen and oxygen atoms in total. The Kier molecular flexibility index (Phi) is 9.61. The second-order valence-electron chi connectivity index (χ2n) is 8.92. The van der Waals surface area contributed by atoms with Crippen molar-refractivity contribution in [2.24, 2.45) is 16.3 Å². The summed E-state index contributed by atoms with van der Waals surface area (Å²) in [5, 5.41) is 6.95. The maximum absolute atomic E-state index is 6.10. The van der Waals surface area contributed by atoms with Gasteiger partial charge in [0.15, 0.2) is 5.96 Å². The van der Waals surface area contributed by atoms with Crippen LogP contribution in [0.5, 0.6) is 0 Å². The molecular formula is C23H36IN5O. The predicted molar refractivity (Wildman–Crippen MR) is 133 cm³/mol. The Labute approximate surface area is 197 Å². The zero-order valence-electron chi connectivity index (χ0n) is 18.6. The Hall–Kier alpha value is -1.61. The second kappa shape index (κ2) is 11.7. The monoisotopic (exact) mass is 525 g/mol. The molecule has 0 radical (unpaired) electrons. The molecule has 30 heavy (non-hydrogen) atoms. The standard InChI is InChI=1S/C23H35N5O.HI/c1-23(2,3)21-20(9-6-12-29-21)15-27-22(24-4)26-14-18-7-5-8-19(13-18)16-28-11-10-25-17-28;/h5,7-8,10-11,13,17,20-21H,6,9,12,14-16H2,1-4H3,(H2,24,26,27);1H. The van der Waals surface area contributed by atoms with Gasteiger partial charge in [-0.2, -0.15) is 0 Å². The van der Waals surface area contributed by atoms with Crippen molar-refractivity contribution in [2.45, 2.75) is 52.8 Å². The molecule has 1 saturated heterocycles. The van der Waals surface area contributed by atoms with Gasteiger partial charge in [0.25, 0.3) is 0 Å². The van der Waals surface area contributed by atoms with Crippen LogP contribution in [0.1, 0.15) is 44.7 Å². The van der Waals surface area contributed by atoms with Crippen LogP contribution in [0, 0.1) is 11.3 Å². The minimum absolute atomic E-state index is 0. The number of hydrogen-bond donors (Lipinski definition) is 2. The second-order valence-corrected chi connectivity index (χ2v) is 8.92. The Morgan fingerprint density at radius 3 is 2.77 bits per heavy atom. The third-order valence-electron chi connectivity index (χ3n) is 5.43. The van der Waals surface area contributed by atoms with Crippen molar-refractivity contribution in [1.82, 2.24) is 20.2 Å². The van der Waals surface area contributed by atoms with Gasteiger partial charge in [0.2, 0.25) is 0 Å². The fourth-order valence-corrected chi connectivity index (χ4v) is 4.07. The Morgan fingerprint density at radius 2 is 2.07 bits per heavy atom. The number of hydrogen-bond acceptors (Lipinski definition) is 3. The average Bonchev–Trinajstić information content (AvgIpc) is 3.21. The van der Waals surface area contributed by atoms with E-state index >= 15 is 0 Å². The number of nitrogens with zero attached hydrogens (tertiary/aromatic N) is 3. The molecule has 1 aliphatic heterocycles. The van der Waals surface area contributed by atoms with Gasteiger partial charge in [-0.05, 0) is 29.4 Å². The first-order chi connectivity index (χ1) is 14.0. The molecule has 1 fully saturated rings. The van der Waals surface area contributed by atoms with E-state index in [0.29, 0.717) is 5.92 Å². The molecule has 0 aliphatic carbocycles. The van der Waals surface area contributed by atoms with Gasteiger partial charge in [-0.15, -0.1) is 24.0 Å². The van der Waals surface area contributed by atoms with Crippen LogP contribution >= 0.6 is 24.0 Å². The SMILES string of the molecule is CN=C(NCc1cccc(Cn2ccnc2)c1)NCC1CCCOC1C(C)(C)C.I. The molecule has 0 saturated carbocycles. The number of ether oxygens (including phenoxy) is 1. The number of guanidine groups is 1. The summed E-state index contributed by atoms with van der Waals surface area (Å²) >= 11 is 0. The summed E-state index contributed by atoms with van der Waals surface area (Å²) < 4.78 is 8.17. The molecule has 2 aromatic rings. The first kappa shape index (κ1) is 24.7. The molecule has 0 spiro atoms. The Bertz CT molecular complexity index is 785. The number of aromatic nitrogens is 2. The van der Waals surface area contributed by atoms with Crippen molar-refractivity contribution in [2.75, 3.05) is 20.2 Å². The fraction of sp³-hybridized carbons (Fsp3) is 0.565. The van der Waals surface area contributed by atoms with E-state index in [1.165, 1.54) is 17.5 Å². The lowest BCUT2D eigenvalue weighted by atomic mass is 9.78. The van der Waals surface area contributed by atoms with Gasteiger partial charge in [-0.3, -0.25) is 4.99 Å². The fourth-order valence-electron chi connectivity index (χ4n) is 4.07. The van der Waals surface area contributed by atoms with Gasteiger partial charge in [0.1, 0.15) is 0 Å². The van der Waals surface area contributed by atoms with Crippen LogP contribution in [-0.2, 0) is 17.8 Å². The van der Waals surface area contributed by atoms with E-state index in [9.17, 15) is 0 Å². The van der Waals surface area contributed by atoms with E-state index in [-0.39, 0.29) is 35.5 Å². The molecule has 2 heterocycles. The number of halogens is 1. The number of rotatable bonds is 6. The lowest BCUT2D eigenvalue weighted by Gasteiger charge is -2.40. The topological polar surface area (TPSA) is 63.5 Å². The quantitative estimate of drug-likeness (QED) is 0.340. The molecule has 2 unspecified atom stereocenters. The lowest BCUT2D eigenvalue weighted by molar-refractivity contribution is -0.0835. The highest BCUT2D eigenvalue weighted by molar-refractivity contribution is 14.0. The third-order valence-corrected chi connectivity index (χ3v) is 5.43. The molecule has 166 valence electrons. The van der Waals surface area contributed by atoms with Crippen molar-refractivity contribution >= 4 is 29.9 Å². The highest BCUT2D eigenvalue weighted by atomic mass is 127. The van der Waals surface area contributed by atoms with Crippen LogP contribution in [0.15, 0.2) is 48.0 Å². The van der Waals surface area contributed by atoms with E-state index in [2.05, 4.69) is 70.2 Å². The number of aliphatic imine (C=N–C) groups is 1. The Morgan fingerprint density at radius 1 is 1.27 bits per heavy atom. The van der Waals surface area contributed by atoms with Gasteiger partial charge in [-0.25, -0.2) is 4.98 Å². The zero-order valence-corrected chi connectivity index (χ0v) is 20.9. The highest BCUT2D eigenvalue weighted by Gasteiger charge is 2.35. The molecule has 2 N–H and O–H groups in total. The molecule has 1 aromatic heterocycles. The molecular weight excluding hydrogens is 489 g/mol. The summed E-state index contributed by atoms with van der Waals surface area (Å²) in [6, 6.07) is 8.62. The molecule has 7 heteroatoms. The van der Waals surface area contributed by atoms with E-state index in [1.807, 2.05) is 25.8 Å². The van der Waals surface area contributed by atoms with E-state index < -0.39 is 0 Å². The van der Waals surface area contributed by atoms with Crippen molar-refractivity contribution in [3.05, 3.63) is 54.1 Å². The minimum Gasteiger partial charge on any atom is -0.377 e. The number of benzene rings is 1. The molecule has 1 aliphatic rings. The lowest BCUT2D eigenvalue weighted by Crippen LogP contribution is -2.47. The summed E-state index contributed by atoms with van der Waals surface area (Å²) in [7, 11) is 1.82. The smallest absolute Gasteiger partial charge is 0.191 e. The summed E-state index contributed by atoms with van der Waals surface area (Å²) in [4.78, 5) is 8.51. The third kappa shape index (κ3) is 7.27. The number of nitrogens with one attached hydrogen (secondary N) is 2. The molecule has 0 amide bonds. The van der Waals surface area contributed by atoms with E-state index in [1.54, 1.807) is 0 Å². The van der Waals surface area contributed by atoms with Crippen molar-refractivity contribution < 1.29 is 4.74 Å². The maximum Gasteiger partial charge on any atom is 0.191 e. The van der Waals surface area contributed by atoms with Crippen molar-refractivity contribution in [3.8, 4) is 0 Å². The summed E-state index contributed by atoms with van der Waals surface area (Å²) in [6.45, 7) is 10.1. The summed E-state index contributed by atoms with van der Waals surface area (Å²) in [5.41, 5.74) is 2.65. The predicted octanol–water partition coefficient (Wildman–Crippen LogP) is 4.06. The van der Waals surface area contributed by atoms with Gasteiger partial charge >= 0.3 is 0 Å². The largest absolute Gasteiger partial charge is 0.377 e. The first-order valence-electron chi connectivity index (χ1n) is 10.6. The minimum atomic E-state index is 0. The highest BCUT2D eigenvalue weighted by Crippen LogP contribution is 2.33. The van der Waals surface area contributed by atoms with Gasteiger partial charge in [0, 0.05) is 51.6 Å². The molecule has 3 rings (SSSR count). The van der Waals surface area contributed by atoms with E-state index in [4.69, 9.17) is 4.74 Å². The van der Waals surface area contributed by atoms with Gasteiger partial charge in [-0.1, -0.05) is 45.0 Å². The molecule has 0 bridgehead atoms. The Balaban J connectivity index is 0.00000320. The van der Waals surface area contributed by atoms with Crippen LogP contribution in [-0.4, -0.2) is 41.8 Å². The normalized spacial score (nSPS) is 19.8. The van der Waals surface area contributed by atoms with Crippen molar-refractivity contribution in [3.63, 3.8) is 0 Å². The molecule has 1 aromatic carbocycles. The maximum atomic E-state index is 6.10. The van der Waals surface area contributed by atoms with Crippen LogP contribution in [0.25, 0.3) is 0 Å². The zero-order chi connectivity index (χ0) is 20.7. The van der Waals surface area contributed by atoms with Crippen LogP contribution < -0.4 is 10.6 Å².